The van der Waals surface area contributed by atoms with Crippen molar-refractivity contribution in [3.8, 4) is 0 Å². The molecule has 0 unspecified atom stereocenters. The molecule has 0 atom stereocenters. The third-order valence-electron chi connectivity index (χ3n) is 2.01. The first-order valence-electron chi connectivity index (χ1n) is 5.36. The fourth-order valence-corrected chi connectivity index (χ4v) is 1.25. The van der Waals surface area contributed by atoms with E-state index in [4.69, 9.17) is 4.74 Å². The number of rotatable bonds is 2. The summed E-state index contributed by atoms with van der Waals surface area (Å²) in [7, 11) is 1.16. The van der Waals surface area contributed by atoms with Gasteiger partial charge in [-0.05, 0) is 39.0 Å². The molecule has 1 aromatic rings. The zero-order chi connectivity index (χ0) is 13.9. The van der Waals surface area contributed by atoms with Crippen LogP contribution in [0.2, 0.25) is 0 Å². The van der Waals surface area contributed by atoms with Gasteiger partial charge in [-0.1, -0.05) is 0 Å². The Kier molecular flexibility index (Phi) is 4.06. The minimum atomic E-state index is -0.815. The van der Waals surface area contributed by atoms with Crippen LogP contribution in [-0.2, 0) is 9.47 Å². The van der Waals surface area contributed by atoms with Gasteiger partial charge in [-0.15, -0.1) is 0 Å². The monoisotopic (exact) mass is 254 g/mol. The molecule has 0 fully saturated rings. The molecule has 0 saturated carbocycles. The molecular formula is C13H15FO4. The first-order valence-corrected chi connectivity index (χ1v) is 5.36. The molecule has 0 amide bonds. The summed E-state index contributed by atoms with van der Waals surface area (Å²) in [5.74, 6) is -2.24. The summed E-state index contributed by atoms with van der Waals surface area (Å²) < 4.78 is 23.1. The zero-order valence-electron chi connectivity index (χ0n) is 10.7. The lowest BCUT2D eigenvalue weighted by Crippen LogP contribution is -2.24. The first kappa shape index (κ1) is 14.2. The van der Waals surface area contributed by atoms with E-state index in [9.17, 15) is 14.0 Å². The first-order chi connectivity index (χ1) is 8.24. The van der Waals surface area contributed by atoms with Gasteiger partial charge in [-0.25, -0.2) is 14.0 Å². The molecule has 0 aliphatic carbocycles. The molecule has 1 aromatic carbocycles. The van der Waals surface area contributed by atoms with Crippen molar-refractivity contribution in [2.45, 2.75) is 26.4 Å². The van der Waals surface area contributed by atoms with Crippen molar-refractivity contribution in [2.24, 2.45) is 0 Å². The molecule has 0 aliphatic heterocycles. The summed E-state index contributed by atoms with van der Waals surface area (Å²) in [5.41, 5.74) is -0.825. The smallest absolute Gasteiger partial charge is 0.340 e. The maximum Gasteiger partial charge on any atom is 0.340 e. The topological polar surface area (TPSA) is 52.6 Å². The van der Waals surface area contributed by atoms with Gasteiger partial charge in [0.05, 0.1) is 18.2 Å². The lowest BCUT2D eigenvalue weighted by atomic mass is 10.1. The molecule has 5 heteroatoms. The Labute approximate surface area is 105 Å². The minimum absolute atomic E-state index is 0.0510. The highest BCUT2D eigenvalue weighted by molar-refractivity contribution is 5.93. The summed E-state index contributed by atoms with van der Waals surface area (Å²) in [5, 5.41) is 0. The predicted octanol–water partition coefficient (Wildman–Crippen LogP) is 2.57. The van der Waals surface area contributed by atoms with E-state index >= 15 is 0 Å². The van der Waals surface area contributed by atoms with Crippen LogP contribution in [0, 0.1) is 5.82 Å². The number of benzene rings is 1. The number of carbonyl (C=O) groups excluding carboxylic acids is 2. The van der Waals surface area contributed by atoms with Gasteiger partial charge in [0.25, 0.3) is 0 Å². The van der Waals surface area contributed by atoms with Gasteiger partial charge in [0.15, 0.2) is 0 Å². The van der Waals surface area contributed by atoms with Crippen LogP contribution in [0.4, 0.5) is 4.39 Å². The second kappa shape index (κ2) is 5.16. The second-order valence-corrected chi connectivity index (χ2v) is 4.69. The maximum atomic E-state index is 13.6. The normalized spacial score (nSPS) is 10.9. The van der Waals surface area contributed by atoms with Crippen molar-refractivity contribution < 1.29 is 23.5 Å². The molecule has 4 nitrogen and oxygen atoms in total. The van der Waals surface area contributed by atoms with E-state index in [1.165, 1.54) is 12.1 Å². The molecule has 0 spiro atoms. The van der Waals surface area contributed by atoms with Crippen molar-refractivity contribution >= 4 is 11.9 Å². The van der Waals surface area contributed by atoms with E-state index in [0.717, 1.165) is 13.2 Å². The molecule has 0 N–H and O–H groups in total. The Morgan fingerprint density at radius 2 is 1.78 bits per heavy atom. The summed E-state index contributed by atoms with van der Waals surface area (Å²) in [6, 6.07) is 3.48. The van der Waals surface area contributed by atoms with Gasteiger partial charge in [0.2, 0.25) is 0 Å². The molecule has 0 bridgehead atoms. The van der Waals surface area contributed by atoms with Gasteiger partial charge in [-0.3, -0.25) is 0 Å². The van der Waals surface area contributed by atoms with E-state index in [1.807, 2.05) is 0 Å². The van der Waals surface area contributed by atoms with Gasteiger partial charge < -0.3 is 9.47 Å². The molecule has 0 aliphatic rings. The molecular weight excluding hydrogens is 239 g/mol. The third-order valence-corrected chi connectivity index (χ3v) is 2.01. The van der Waals surface area contributed by atoms with Gasteiger partial charge in [0, 0.05) is 0 Å². The van der Waals surface area contributed by atoms with Crippen molar-refractivity contribution in [1.29, 1.82) is 0 Å². The van der Waals surface area contributed by atoms with Crippen molar-refractivity contribution in [3.05, 3.63) is 35.1 Å². The third kappa shape index (κ3) is 3.55. The highest BCUT2D eigenvalue weighted by atomic mass is 19.1. The molecule has 0 heterocycles. The van der Waals surface area contributed by atoms with Crippen LogP contribution >= 0.6 is 0 Å². The second-order valence-electron chi connectivity index (χ2n) is 4.69. The number of hydrogen-bond donors (Lipinski definition) is 0. The summed E-state index contributed by atoms with van der Waals surface area (Å²) in [6.07, 6.45) is 0. The van der Waals surface area contributed by atoms with E-state index in [0.29, 0.717) is 0 Å². The van der Waals surface area contributed by atoms with E-state index in [-0.39, 0.29) is 11.1 Å². The SMILES string of the molecule is COC(=O)c1ccc(C(=O)OC(C)(C)C)cc1F. The number of hydrogen-bond acceptors (Lipinski definition) is 4. The van der Waals surface area contributed by atoms with Crippen molar-refractivity contribution in [3.63, 3.8) is 0 Å². The quantitative estimate of drug-likeness (QED) is 0.761. The lowest BCUT2D eigenvalue weighted by Gasteiger charge is -2.19. The molecule has 0 saturated heterocycles. The molecule has 98 valence electrons. The number of ether oxygens (including phenoxy) is 2. The van der Waals surface area contributed by atoms with Crippen LogP contribution in [-0.4, -0.2) is 24.6 Å². The van der Waals surface area contributed by atoms with Gasteiger partial charge >= 0.3 is 11.9 Å². The summed E-state index contributed by atoms with van der Waals surface area (Å²) in [6.45, 7) is 5.14. The Morgan fingerprint density at radius 1 is 1.17 bits per heavy atom. The van der Waals surface area contributed by atoms with E-state index in [2.05, 4.69) is 4.74 Å². The Morgan fingerprint density at radius 3 is 2.22 bits per heavy atom. The highest BCUT2D eigenvalue weighted by Crippen LogP contribution is 2.15. The van der Waals surface area contributed by atoms with Crippen LogP contribution in [0.25, 0.3) is 0 Å². The van der Waals surface area contributed by atoms with Gasteiger partial charge in [0.1, 0.15) is 11.4 Å². The predicted molar refractivity (Wildman–Crippen MR) is 62.9 cm³/mol. The fraction of sp³-hybridized carbons (Fsp3) is 0.385. The van der Waals surface area contributed by atoms with Crippen LogP contribution in [0.15, 0.2) is 18.2 Å². The average Bonchev–Trinajstić information content (AvgIpc) is 2.25. The van der Waals surface area contributed by atoms with Crippen LogP contribution in [0.3, 0.4) is 0 Å². The number of esters is 2. The Bertz CT molecular complexity index is 474. The van der Waals surface area contributed by atoms with Crippen LogP contribution in [0.1, 0.15) is 41.5 Å². The Balaban J connectivity index is 2.98. The fourth-order valence-electron chi connectivity index (χ4n) is 1.25. The van der Waals surface area contributed by atoms with E-state index in [1.54, 1.807) is 20.8 Å². The highest BCUT2D eigenvalue weighted by Gasteiger charge is 2.20. The zero-order valence-corrected chi connectivity index (χ0v) is 10.7. The number of halogens is 1. The van der Waals surface area contributed by atoms with Crippen molar-refractivity contribution in [2.75, 3.05) is 7.11 Å². The number of methoxy groups -OCH3 is 1. The summed E-state index contributed by atoms with van der Waals surface area (Å²) in [4.78, 5) is 22.8. The number of carbonyl (C=O) groups is 2. The largest absolute Gasteiger partial charge is 0.465 e. The summed E-state index contributed by atoms with van der Waals surface area (Å²) >= 11 is 0. The molecule has 1 rings (SSSR count). The standard InChI is InChI=1S/C13H15FO4/c1-13(2,3)18-11(15)8-5-6-9(10(14)7-8)12(16)17-4/h5-7H,1-4H3. The van der Waals surface area contributed by atoms with Crippen LogP contribution in [0.5, 0.6) is 0 Å². The Hall–Kier alpha value is -1.91. The molecule has 18 heavy (non-hydrogen) atoms. The average molecular weight is 254 g/mol. The maximum absolute atomic E-state index is 13.6. The lowest BCUT2D eigenvalue weighted by molar-refractivity contribution is 0.00685. The van der Waals surface area contributed by atoms with Crippen molar-refractivity contribution in [1.82, 2.24) is 0 Å². The molecule has 0 aromatic heterocycles. The van der Waals surface area contributed by atoms with Gasteiger partial charge in [-0.2, -0.15) is 0 Å². The minimum Gasteiger partial charge on any atom is -0.465 e. The van der Waals surface area contributed by atoms with Crippen LogP contribution < -0.4 is 0 Å². The molecule has 0 radical (unpaired) electrons. The van der Waals surface area contributed by atoms with E-state index < -0.39 is 23.4 Å².